The SMILES string of the molecule is C[C@@H](Sc1nncn1CCc1cccs1)C(=O)N1c2ccccc2NC(=O)C1(C)C. The highest BCUT2D eigenvalue weighted by atomic mass is 32.2. The van der Waals surface area contributed by atoms with Gasteiger partial charge in [-0.05, 0) is 50.8 Å². The fraction of sp³-hybridized carbons (Fsp3) is 0.333. The number of anilines is 2. The number of para-hydroxylation sites is 2. The van der Waals surface area contributed by atoms with E-state index in [0.29, 0.717) is 16.5 Å². The van der Waals surface area contributed by atoms with E-state index in [1.54, 1.807) is 36.4 Å². The van der Waals surface area contributed by atoms with Crippen LogP contribution in [0.1, 0.15) is 25.6 Å². The monoisotopic (exact) mass is 441 g/mol. The number of rotatable bonds is 6. The lowest BCUT2D eigenvalue weighted by Gasteiger charge is -2.43. The van der Waals surface area contributed by atoms with Gasteiger partial charge in [-0.2, -0.15) is 0 Å². The molecule has 0 aliphatic carbocycles. The molecule has 0 bridgehead atoms. The lowest BCUT2D eigenvalue weighted by atomic mass is 9.96. The summed E-state index contributed by atoms with van der Waals surface area (Å²) in [6.45, 7) is 6.11. The minimum absolute atomic E-state index is 0.139. The summed E-state index contributed by atoms with van der Waals surface area (Å²) in [7, 11) is 0. The molecule has 0 saturated carbocycles. The number of carbonyl (C=O) groups is 2. The molecule has 1 aromatic carbocycles. The average Bonchev–Trinajstić information content (AvgIpc) is 3.38. The molecule has 1 aliphatic heterocycles. The quantitative estimate of drug-likeness (QED) is 0.588. The van der Waals surface area contributed by atoms with Gasteiger partial charge in [0.05, 0.1) is 16.6 Å². The summed E-state index contributed by atoms with van der Waals surface area (Å²) in [5, 5.41) is 13.5. The maximum atomic E-state index is 13.5. The zero-order valence-corrected chi connectivity index (χ0v) is 18.7. The summed E-state index contributed by atoms with van der Waals surface area (Å²) >= 11 is 3.08. The number of fused-ring (bicyclic) bond motifs is 1. The van der Waals surface area contributed by atoms with Crippen molar-refractivity contribution in [2.45, 2.75) is 49.7 Å². The van der Waals surface area contributed by atoms with Crippen LogP contribution in [0.5, 0.6) is 0 Å². The molecular formula is C21H23N5O2S2. The van der Waals surface area contributed by atoms with Crippen LogP contribution in [0.3, 0.4) is 0 Å². The molecule has 30 heavy (non-hydrogen) atoms. The second kappa shape index (κ2) is 8.23. The third-order valence-electron chi connectivity index (χ3n) is 5.12. The molecule has 9 heteroatoms. The molecule has 0 radical (unpaired) electrons. The zero-order chi connectivity index (χ0) is 21.3. The Morgan fingerprint density at radius 3 is 2.83 bits per heavy atom. The Morgan fingerprint density at radius 2 is 2.07 bits per heavy atom. The summed E-state index contributed by atoms with van der Waals surface area (Å²) in [5.41, 5.74) is 0.359. The fourth-order valence-corrected chi connectivity index (χ4v) is 5.00. The van der Waals surface area contributed by atoms with Crippen molar-refractivity contribution >= 4 is 46.3 Å². The van der Waals surface area contributed by atoms with Crippen LogP contribution in [0, 0.1) is 0 Å². The molecule has 0 spiro atoms. The third kappa shape index (κ3) is 3.87. The van der Waals surface area contributed by atoms with E-state index < -0.39 is 10.8 Å². The van der Waals surface area contributed by atoms with Crippen molar-refractivity contribution in [1.29, 1.82) is 0 Å². The molecule has 3 heterocycles. The minimum atomic E-state index is -0.993. The largest absolute Gasteiger partial charge is 0.322 e. The number of amides is 2. The van der Waals surface area contributed by atoms with E-state index in [1.165, 1.54) is 16.6 Å². The standard InChI is InChI=1S/C21H23N5O2S2/c1-14(30-20-24-22-13-25(20)11-10-15-7-6-12-29-15)18(27)26-17-9-5-4-8-16(17)23-19(28)21(26,2)3/h4-9,12-14H,10-11H2,1-3H3,(H,23,28)/t14-/m1/s1. The maximum absolute atomic E-state index is 13.5. The molecule has 4 rings (SSSR count). The van der Waals surface area contributed by atoms with E-state index in [2.05, 4.69) is 27.0 Å². The van der Waals surface area contributed by atoms with Crippen LogP contribution in [-0.2, 0) is 22.6 Å². The predicted molar refractivity (Wildman–Crippen MR) is 120 cm³/mol. The summed E-state index contributed by atoms with van der Waals surface area (Å²) in [4.78, 5) is 29.0. The molecule has 156 valence electrons. The molecule has 2 amide bonds. The third-order valence-corrected chi connectivity index (χ3v) is 7.14. The number of carbonyl (C=O) groups excluding carboxylic acids is 2. The molecule has 0 saturated heterocycles. The van der Waals surface area contributed by atoms with Crippen LogP contribution in [0.25, 0.3) is 0 Å². The first-order valence-electron chi connectivity index (χ1n) is 9.69. The zero-order valence-electron chi connectivity index (χ0n) is 17.0. The van der Waals surface area contributed by atoms with E-state index in [1.807, 2.05) is 41.8 Å². The first-order valence-corrected chi connectivity index (χ1v) is 11.5. The lowest BCUT2D eigenvalue weighted by molar-refractivity contribution is -0.126. The van der Waals surface area contributed by atoms with Crippen molar-refractivity contribution in [3.05, 3.63) is 53.0 Å². The summed E-state index contributed by atoms with van der Waals surface area (Å²) in [6.07, 6.45) is 2.58. The number of aryl methyl sites for hydroxylation is 2. The van der Waals surface area contributed by atoms with Crippen LogP contribution >= 0.6 is 23.1 Å². The number of nitrogens with zero attached hydrogens (tertiary/aromatic N) is 4. The van der Waals surface area contributed by atoms with Gasteiger partial charge in [0.1, 0.15) is 11.9 Å². The Hall–Kier alpha value is -2.65. The summed E-state index contributed by atoms with van der Waals surface area (Å²) < 4.78 is 1.97. The van der Waals surface area contributed by atoms with Crippen molar-refractivity contribution in [3.8, 4) is 0 Å². The smallest absolute Gasteiger partial charge is 0.250 e. The number of thioether (sulfide) groups is 1. The Kier molecular flexibility index (Phi) is 5.66. The fourth-order valence-electron chi connectivity index (χ4n) is 3.41. The second-order valence-electron chi connectivity index (χ2n) is 7.60. The van der Waals surface area contributed by atoms with Gasteiger partial charge < -0.3 is 9.88 Å². The highest BCUT2D eigenvalue weighted by molar-refractivity contribution is 8.00. The number of aromatic nitrogens is 3. The Bertz CT molecular complexity index is 1060. The second-order valence-corrected chi connectivity index (χ2v) is 9.94. The molecule has 1 N–H and O–H groups in total. The van der Waals surface area contributed by atoms with Crippen LogP contribution in [0.2, 0.25) is 0 Å². The van der Waals surface area contributed by atoms with Gasteiger partial charge in [-0.25, -0.2) is 0 Å². The van der Waals surface area contributed by atoms with Gasteiger partial charge in [-0.3, -0.25) is 14.5 Å². The van der Waals surface area contributed by atoms with Crippen LogP contribution < -0.4 is 10.2 Å². The van der Waals surface area contributed by atoms with Gasteiger partial charge in [0.15, 0.2) is 5.16 Å². The van der Waals surface area contributed by atoms with Crippen molar-refractivity contribution in [3.63, 3.8) is 0 Å². The molecule has 2 aromatic heterocycles. The van der Waals surface area contributed by atoms with Crippen LogP contribution in [-0.4, -0.2) is 37.4 Å². The van der Waals surface area contributed by atoms with E-state index in [0.717, 1.165) is 13.0 Å². The van der Waals surface area contributed by atoms with Gasteiger partial charge in [-0.15, -0.1) is 21.5 Å². The molecule has 3 aromatic rings. The summed E-state index contributed by atoms with van der Waals surface area (Å²) in [6, 6.07) is 11.5. The van der Waals surface area contributed by atoms with Gasteiger partial charge in [0.25, 0.3) is 0 Å². The van der Waals surface area contributed by atoms with Gasteiger partial charge >= 0.3 is 0 Å². The van der Waals surface area contributed by atoms with E-state index in [-0.39, 0.29) is 11.8 Å². The average molecular weight is 442 g/mol. The Labute approximate surface area is 183 Å². The number of hydrogen-bond acceptors (Lipinski definition) is 6. The highest BCUT2D eigenvalue weighted by Gasteiger charge is 2.44. The van der Waals surface area contributed by atoms with Crippen LogP contribution in [0.15, 0.2) is 53.3 Å². The van der Waals surface area contributed by atoms with E-state index in [9.17, 15) is 9.59 Å². The lowest BCUT2D eigenvalue weighted by Crippen LogP contribution is -2.60. The molecule has 7 nitrogen and oxygen atoms in total. The van der Waals surface area contributed by atoms with Gasteiger partial charge in [0.2, 0.25) is 11.8 Å². The molecule has 0 fully saturated rings. The van der Waals surface area contributed by atoms with Crippen LogP contribution in [0.4, 0.5) is 11.4 Å². The van der Waals surface area contributed by atoms with E-state index in [4.69, 9.17) is 0 Å². The predicted octanol–water partition coefficient (Wildman–Crippen LogP) is 3.83. The van der Waals surface area contributed by atoms with Gasteiger partial charge in [0, 0.05) is 11.4 Å². The highest BCUT2D eigenvalue weighted by Crippen LogP contribution is 2.38. The molecule has 1 atom stereocenters. The molecular weight excluding hydrogens is 418 g/mol. The number of hydrogen-bond donors (Lipinski definition) is 1. The topological polar surface area (TPSA) is 80.1 Å². The minimum Gasteiger partial charge on any atom is -0.322 e. The summed E-state index contributed by atoms with van der Waals surface area (Å²) in [5.74, 6) is -0.342. The number of nitrogens with one attached hydrogen (secondary N) is 1. The first kappa shape index (κ1) is 20.6. The van der Waals surface area contributed by atoms with Crippen molar-refractivity contribution in [1.82, 2.24) is 14.8 Å². The number of benzene rings is 1. The molecule has 1 aliphatic rings. The Balaban J connectivity index is 1.53. The first-order chi connectivity index (χ1) is 14.4. The normalized spacial score (nSPS) is 16.1. The maximum Gasteiger partial charge on any atom is 0.250 e. The van der Waals surface area contributed by atoms with E-state index >= 15 is 0 Å². The van der Waals surface area contributed by atoms with Gasteiger partial charge in [-0.1, -0.05) is 30.0 Å². The molecule has 0 unspecified atom stereocenters. The number of thiophene rings is 1. The Morgan fingerprint density at radius 1 is 1.27 bits per heavy atom. The van der Waals surface area contributed by atoms with Crippen molar-refractivity contribution in [2.24, 2.45) is 0 Å². The van der Waals surface area contributed by atoms with Crippen molar-refractivity contribution < 1.29 is 9.59 Å². The van der Waals surface area contributed by atoms with Crippen molar-refractivity contribution in [2.75, 3.05) is 10.2 Å².